The molecule has 0 aliphatic heterocycles. The fraction of sp³-hybridized carbons (Fsp3) is 0.462. The van der Waals surface area contributed by atoms with Crippen molar-refractivity contribution < 1.29 is 18.7 Å². The molecule has 2 atom stereocenters. The highest BCUT2D eigenvalue weighted by atomic mass is 32.2. The summed E-state index contributed by atoms with van der Waals surface area (Å²) in [5.74, 6) is -0.949. The minimum absolute atomic E-state index is 0.128. The number of carboxylic acid groups (broad SMARTS) is 1. The third-order valence-electron chi connectivity index (χ3n) is 2.71. The summed E-state index contributed by atoms with van der Waals surface area (Å²) >= 11 is -2.32. The standard InChI is InChI=1S/C13H19NO4S/c1-10(2)8-12(13(15)16)14(19(17)18)9-11-6-4-3-5-7-11/h3-7,10,12H,8-9H2,1-2H3,(H,15,16)(H,17,18). The smallest absolute Gasteiger partial charge is 0.322 e. The molecule has 2 unspecified atom stereocenters. The van der Waals surface area contributed by atoms with Crippen molar-refractivity contribution in [2.24, 2.45) is 5.92 Å². The first-order valence-corrected chi connectivity index (χ1v) is 7.12. The van der Waals surface area contributed by atoms with E-state index in [9.17, 15) is 18.7 Å². The number of benzene rings is 1. The highest BCUT2D eigenvalue weighted by molar-refractivity contribution is 7.76. The van der Waals surface area contributed by atoms with E-state index in [4.69, 9.17) is 0 Å². The van der Waals surface area contributed by atoms with Gasteiger partial charge in [0.25, 0.3) is 0 Å². The van der Waals surface area contributed by atoms with Gasteiger partial charge in [0.15, 0.2) is 0 Å². The Bertz CT molecular complexity index is 436. The van der Waals surface area contributed by atoms with Gasteiger partial charge in [-0.1, -0.05) is 44.2 Å². The zero-order valence-electron chi connectivity index (χ0n) is 11.0. The molecule has 0 amide bonds. The van der Waals surface area contributed by atoms with E-state index in [0.717, 1.165) is 9.87 Å². The number of hydrogen-bond acceptors (Lipinski definition) is 2. The largest absolute Gasteiger partial charge is 0.480 e. The van der Waals surface area contributed by atoms with Crippen molar-refractivity contribution in [2.75, 3.05) is 0 Å². The predicted octanol–water partition coefficient (Wildman–Crippen LogP) is 2.12. The Morgan fingerprint density at radius 1 is 1.32 bits per heavy atom. The summed E-state index contributed by atoms with van der Waals surface area (Å²) < 4.78 is 21.8. The monoisotopic (exact) mass is 285 g/mol. The Labute approximate surface area is 115 Å². The van der Waals surface area contributed by atoms with Crippen molar-refractivity contribution in [3.63, 3.8) is 0 Å². The van der Waals surface area contributed by atoms with Crippen molar-refractivity contribution in [1.82, 2.24) is 4.31 Å². The maximum atomic E-state index is 11.4. The second kappa shape index (κ2) is 7.37. The molecule has 1 rings (SSSR count). The third kappa shape index (κ3) is 5.10. The lowest BCUT2D eigenvalue weighted by Gasteiger charge is -2.26. The summed E-state index contributed by atoms with van der Waals surface area (Å²) in [5.41, 5.74) is 0.805. The molecular formula is C13H19NO4S. The van der Waals surface area contributed by atoms with Crippen molar-refractivity contribution >= 4 is 17.2 Å². The van der Waals surface area contributed by atoms with Gasteiger partial charge in [-0.05, 0) is 17.9 Å². The van der Waals surface area contributed by atoms with E-state index in [0.29, 0.717) is 6.42 Å². The average Bonchev–Trinajstić information content (AvgIpc) is 2.34. The van der Waals surface area contributed by atoms with E-state index < -0.39 is 23.3 Å². The zero-order chi connectivity index (χ0) is 14.4. The molecule has 1 aromatic carbocycles. The first-order valence-electron chi connectivity index (χ1n) is 6.06. The molecule has 0 radical (unpaired) electrons. The summed E-state index contributed by atoms with van der Waals surface area (Å²) in [7, 11) is 0. The van der Waals surface area contributed by atoms with Gasteiger partial charge in [0.05, 0.1) is 0 Å². The van der Waals surface area contributed by atoms with E-state index in [-0.39, 0.29) is 12.5 Å². The maximum Gasteiger partial charge on any atom is 0.322 e. The summed E-state index contributed by atoms with van der Waals surface area (Å²) in [6.07, 6.45) is 0.328. The van der Waals surface area contributed by atoms with Gasteiger partial charge >= 0.3 is 5.97 Å². The van der Waals surface area contributed by atoms with Crippen molar-refractivity contribution in [1.29, 1.82) is 0 Å². The molecule has 0 aromatic heterocycles. The minimum Gasteiger partial charge on any atom is -0.480 e. The lowest BCUT2D eigenvalue weighted by atomic mass is 10.0. The van der Waals surface area contributed by atoms with Gasteiger partial charge in [0, 0.05) is 6.54 Å². The molecule has 106 valence electrons. The van der Waals surface area contributed by atoms with Crippen LogP contribution >= 0.6 is 0 Å². The molecule has 0 fully saturated rings. The van der Waals surface area contributed by atoms with E-state index in [1.54, 1.807) is 12.1 Å². The SMILES string of the molecule is CC(C)CC(C(=O)O)N(Cc1ccccc1)S(=O)O. The molecule has 0 bridgehead atoms. The van der Waals surface area contributed by atoms with Crippen LogP contribution in [0.2, 0.25) is 0 Å². The molecule has 6 heteroatoms. The van der Waals surface area contributed by atoms with Crippen LogP contribution in [0.4, 0.5) is 0 Å². The minimum atomic E-state index is -2.32. The highest BCUT2D eigenvalue weighted by Crippen LogP contribution is 2.17. The first kappa shape index (κ1) is 15.8. The second-order valence-corrected chi connectivity index (χ2v) is 5.71. The molecule has 0 saturated carbocycles. The maximum absolute atomic E-state index is 11.4. The number of rotatable bonds is 7. The number of carboxylic acids is 1. The van der Waals surface area contributed by atoms with Gasteiger partial charge in [0.2, 0.25) is 11.3 Å². The summed E-state index contributed by atoms with van der Waals surface area (Å²) in [6.45, 7) is 3.90. The summed E-state index contributed by atoms with van der Waals surface area (Å²) in [6, 6.07) is 8.10. The van der Waals surface area contributed by atoms with Crippen LogP contribution in [-0.4, -0.2) is 30.2 Å². The van der Waals surface area contributed by atoms with Crippen molar-refractivity contribution in [3.05, 3.63) is 35.9 Å². The van der Waals surface area contributed by atoms with Crippen LogP contribution in [0.15, 0.2) is 30.3 Å². The fourth-order valence-corrected chi connectivity index (χ4v) is 2.48. The molecule has 2 N–H and O–H groups in total. The van der Waals surface area contributed by atoms with Crippen LogP contribution in [0.25, 0.3) is 0 Å². The Morgan fingerprint density at radius 2 is 1.89 bits per heavy atom. The van der Waals surface area contributed by atoms with E-state index >= 15 is 0 Å². The molecule has 0 saturated heterocycles. The van der Waals surface area contributed by atoms with Crippen LogP contribution < -0.4 is 0 Å². The average molecular weight is 285 g/mol. The van der Waals surface area contributed by atoms with Gasteiger partial charge in [-0.15, -0.1) is 0 Å². The number of hydrogen-bond donors (Lipinski definition) is 2. The lowest BCUT2D eigenvalue weighted by Crippen LogP contribution is -2.42. The molecule has 19 heavy (non-hydrogen) atoms. The Morgan fingerprint density at radius 3 is 2.32 bits per heavy atom. The molecule has 0 aliphatic carbocycles. The normalized spacial score (nSPS) is 14.6. The zero-order valence-corrected chi connectivity index (χ0v) is 11.8. The molecule has 0 aliphatic rings. The number of nitrogens with zero attached hydrogens (tertiary/aromatic N) is 1. The van der Waals surface area contributed by atoms with Gasteiger partial charge < -0.3 is 5.11 Å². The van der Waals surface area contributed by atoms with Crippen molar-refractivity contribution in [2.45, 2.75) is 32.9 Å². The molecule has 5 nitrogen and oxygen atoms in total. The lowest BCUT2D eigenvalue weighted by molar-refractivity contribution is -0.142. The molecule has 0 spiro atoms. The topological polar surface area (TPSA) is 77.8 Å². The molecular weight excluding hydrogens is 266 g/mol. The van der Waals surface area contributed by atoms with E-state index in [2.05, 4.69) is 0 Å². The number of aliphatic carboxylic acids is 1. The quantitative estimate of drug-likeness (QED) is 0.752. The first-order chi connectivity index (χ1) is 8.91. The number of carbonyl (C=O) groups is 1. The van der Waals surface area contributed by atoms with Gasteiger partial charge in [0.1, 0.15) is 6.04 Å². The third-order valence-corrected chi connectivity index (χ3v) is 3.49. The van der Waals surface area contributed by atoms with Gasteiger partial charge in [-0.3, -0.25) is 9.35 Å². The Balaban J connectivity index is 2.91. The van der Waals surface area contributed by atoms with Gasteiger partial charge in [-0.2, -0.15) is 4.31 Å². The van der Waals surface area contributed by atoms with Crippen molar-refractivity contribution in [3.8, 4) is 0 Å². The highest BCUT2D eigenvalue weighted by Gasteiger charge is 2.30. The predicted molar refractivity (Wildman–Crippen MR) is 73.6 cm³/mol. The molecule has 0 heterocycles. The van der Waals surface area contributed by atoms with Crippen LogP contribution in [0, 0.1) is 5.92 Å². The van der Waals surface area contributed by atoms with Crippen LogP contribution in [0.3, 0.4) is 0 Å². The Kier molecular flexibility index (Phi) is 6.14. The van der Waals surface area contributed by atoms with Crippen LogP contribution in [-0.2, 0) is 22.6 Å². The van der Waals surface area contributed by atoms with E-state index in [1.807, 2.05) is 32.0 Å². The van der Waals surface area contributed by atoms with Gasteiger partial charge in [-0.25, -0.2) is 4.21 Å². The summed E-state index contributed by atoms with van der Waals surface area (Å²) in [5, 5.41) is 9.23. The summed E-state index contributed by atoms with van der Waals surface area (Å²) in [4.78, 5) is 11.3. The fourth-order valence-electron chi connectivity index (χ4n) is 1.83. The molecule has 1 aromatic rings. The van der Waals surface area contributed by atoms with Crippen LogP contribution in [0.5, 0.6) is 0 Å². The van der Waals surface area contributed by atoms with Crippen LogP contribution in [0.1, 0.15) is 25.8 Å². The Hall–Kier alpha value is -1.24. The van der Waals surface area contributed by atoms with E-state index in [1.165, 1.54) is 0 Å². The second-order valence-electron chi connectivity index (χ2n) is 4.78.